The molecule has 4 nitrogen and oxygen atoms in total. The van der Waals surface area contributed by atoms with Crippen LogP contribution in [0.5, 0.6) is 0 Å². The Morgan fingerprint density at radius 2 is 1.31 bits per heavy atom. The summed E-state index contributed by atoms with van der Waals surface area (Å²) in [6, 6.07) is 36.6. The minimum atomic E-state index is 0.0930. The van der Waals surface area contributed by atoms with Gasteiger partial charge in [0.25, 0.3) is 5.69 Å². The summed E-state index contributed by atoms with van der Waals surface area (Å²) in [4.78, 5) is 13.4. The third-order valence-corrected chi connectivity index (χ3v) is 8.26. The van der Waals surface area contributed by atoms with Crippen molar-refractivity contribution in [2.24, 2.45) is 0 Å². The number of benzene rings is 4. The maximum absolute atomic E-state index is 13.4. The smallest absolute Gasteiger partial charge is 0.286 e. The summed E-state index contributed by atoms with van der Waals surface area (Å²) in [6.07, 6.45) is 4.89. The lowest BCUT2D eigenvalue weighted by Gasteiger charge is -2.46. The van der Waals surface area contributed by atoms with E-state index in [1.165, 1.54) is 32.9 Å². The molecule has 0 saturated carbocycles. The second-order valence-electron chi connectivity index (χ2n) is 10.00. The summed E-state index contributed by atoms with van der Waals surface area (Å²) in [5.74, 6) is 0.0930. The molecule has 0 fully saturated rings. The molecular formula is C32H24N3O+. The average molecular weight is 467 g/mol. The Labute approximate surface area is 208 Å². The first-order valence-corrected chi connectivity index (χ1v) is 12.6. The first-order chi connectivity index (χ1) is 17.8. The summed E-state index contributed by atoms with van der Waals surface area (Å²) < 4.78 is 5.98. The highest BCUT2D eigenvalue weighted by atomic mass is 16.3. The van der Waals surface area contributed by atoms with Gasteiger partial charge >= 0.3 is 0 Å². The highest BCUT2D eigenvalue weighted by Crippen LogP contribution is 2.55. The van der Waals surface area contributed by atoms with E-state index in [4.69, 9.17) is 0 Å². The normalized spacial score (nSPS) is 19.9. The third kappa shape index (κ3) is 2.59. The summed E-state index contributed by atoms with van der Waals surface area (Å²) >= 11 is 0. The number of rotatable bonds is 2. The van der Waals surface area contributed by atoms with Crippen molar-refractivity contribution in [3.63, 3.8) is 0 Å². The first kappa shape index (κ1) is 19.8. The number of nitrogens with zero attached hydrogens (tertiary/aromatic N) is 3. The molecular weight excluding hydrogens is 442 g/mol. The lowest BCUT2D eigenvalue weighted by Crippen LogP contribution is -2.40. The molecule has 4 heterocycles. The van der Waals surface area contributed by atoms with Crippen LogP contribution in [-0.4, -0.2) is 9.13 Å². The molecule has 3 aliphatic rings. The van der Waals surface area contributed by atoms with Crippen molar-refractivity contribution in [2.75, 3.05) is 0 Å². The molecule has 0 saturated heterocycles. The van der Waals surface area contributed by atoms with Gasteiger partial charge in [-0.25, -0.2) is 0 Å². The summed E-state index contributed by atoms with van der Waals surface area (Å²) in [6.45, 7) is 0. The fraction of sp³-hybridized carbons (Fsp3) is 0.125. The number of para-hydroxylation sites is 2. The fourth-order valence-electron chi connectivity index (χ4n) is 6.82. The van der Waals surface area contributed by atoms with E-state index >= 15 is 0 Å². The lowest BCUT2D eigenvalue weighted by atomic mass is 9.71. The Bertz CT molecular complexity index is 1810. The Morgan fingerprint density at radius 3 is 2.03 bits per heavy atom. The van der Waals surface area contributed by atoms with Crippen molar-refractivity contribution in [3.05, 3.63) is 137 Å². The lowest BCUT2D eigenvalue weighted by molar-refractivity contribution is -0.484. The van der Waals surface area contributed by atoms with Gasteiger partial charge in [-0.3, -0.25) is 0 Å². The Kier molecular flexibility index (Phi) is 4.01. The highest BCUT2D eigenvalue weighted by molar-refractivity contribution is 6.08. The van der Waals surface area contributed by atoms with Crippen LogP contribution < -0.4 is 4.43 Å². The van der Waals surface area contributed by atoms with E-state index in [1.54, 1.807) is 0 Å². The molecule has 2 aromatic heterocycles. The van der Waals surface area contributed by atoms with E-state index in [0.717, 1.165) is 22.1 Å². The highest BCUT2D eigenvalue weighted by Gasteiger charge is 2.46. The van der Waals surface area contributed by atoms with Crippen molar-refractivity contribution in [1.29, 1.82) is 0 Å². The van der Waals surface area contributed by atoms with E-state index in [2.05, 4.69) is 88.1 Å². The average Bonchev–Trinajstić information content (AvgIpc) is 3.27. The molecule has 172 valence electrons. The number of hydrogen-bond acceptors (Lipinski definition) is 1. The van der Waals surface area contributed by atoms with Crippen molar-refractivity contribution >= 4 is 21.8 Å². The number of aromatic nitrogens is 3. The van der Waals surface area contributed by atoms with Crippen LogP contribution in [0.2, 0.25) is 0 Å². The van der Waals surface area contributed by atoms with Crippen LogP contribution in [0.3, 0.4) is 0 Å². The predicted octanol–water partition coefficient (Wildman–Crippen LogP) is 6.86. The largest absolute Gasteiger partial charge is 0.336 e. The van der Waals surface area contributed by atoms with Crippen LogP contribution in [0.15, 0.2) is 116 Å². The van der Waals surface area contributed by atoms with Crippen LogP contribution in [0, 0.1) is 4.91 Å². The zero-order chi connectivity index (χ0) is 23.8. The molecule has 0 radical (unpaired) electrons. The molecule has 4 heteroatoms. The zero-order valence-corrected chi connectivity index (χ0v) is 19.7. The second kappa shape index (κ2) is 7.28. The van der Waals surface area contributed by atoms with E-state index < -0.39 is 0 Å². The van der Waals surface area contributed by atoms with E-state index in [1.807, 2.05) is 36.5 Å². The minimum absolute atomic E-state index is 0.0930. The Morgan fingerprint density at radius 1 is 0.694 bits per heavy atom. The van der Waals surface area contributed by atoms with Crippen molar-refractivity contribution in [3.8, 4) is 11.3 Å². The molecule has 4 aromatic carbocycles. The predicted molar refractivity (Wildman–Crippen MR) is 143 cm³/mol. The first-order valence-electron chi connectivity index (χ1n) is 12.6. The van der Waals surface area contributed by atoms with Crippen LogP contribution >= 0.6 is 0 Å². The molecule has 6 aromatic rings. The Hall–Kier alpha value is -4.44. The molecule has 1 aliphatic carbocycles. The van der Waals surface area contributed by atoms with Gasteiger partial charge in [-0.15, -0.1) is 0 Å². The van der Waals surface area contributed by atoms with Crippen LogP contribution in [0.1, 0.15) is 41.2 Å². The molecule has 0 N–H and O–H groups in total. The molecule has 0 spiro atoms. The maximum atomic E-state index is 13.4. The van der Waals surface area contributed by atoms with Gasteiger partial charge in [0.05, 0.1) is 33.8 Å². The molecule has 2 bridgehead atoms. The zero-order valence-electron chi connectivity index (χ0n) is 19.7. The van der Waals surface area contributed by atoms with Gasteiger partial charge in [0.2, 0.25) is 6.20 Å². The molecule has 3 unspecified atom stereocenters. The van der Waals surface area contributed by atoms with Crippen molar-refractivity contribution < 1.29 is 4.43 Å². The van der Waals surface area contributed by atoms with Gasteiger partial charge in [-0.1, -0.05) is 78.9 Å². The van der Waals surface area contributed by atoms with Gasteiger partial charge < -0.3 is 9.13 Å². The van der Waals surface area contributed by atoms with E-state index in [0.29, 0.717) is 5.69 Å². The van der Waals surface area contributed by atoms with Gasteiger partial charge in [-0.2, -0.15) is 0 Å². The van der Waals surface area contributed by atoms with Gasteiger partial charge in [-0.05, 0) is 41.8 Å². The molecule has 0 amide bonds. The summed E-state index contributed by atoms with van der Waals surface area (Å²) in [5.41, 5.74) is 7.96. The molecule has 2 aliphatic heterocycles. The molecule has 3 atom stereocenters. The van der Waals surface area contributed by atoms with Gasteiger partial charge in [0, 0.05) is 32.8 Å². The van der Waals surface area contributed by atoms with Crippen LogP contribution in [0.4, 0.5) is 0 Å². The van der Waals surface area contributed by atoms with Crippen molar-refractivity contribution in [2.45, 2.75) is 24.4 Å². The quantitative estimate of drug-likeness (QED) is 0.257. The fourth-order valence-corrected chi connectivity index (χ4v) is 6.82. The maximum Gasteiger partial charge on any atom is 0.286 e. The SMILES string of the molecule is O=[n+]1cc2n(cc1-c1ccccc1)C1CC(n3c4ccccc4c4ccccc43)C2c2ccccc21. The standard InChI is InChI=1S/C32H24N3O/c36-34-20-31-32-25-15-5-4-14-24(25)28(33(31)19-30(34)21-10-2-1-3-11-21)18-29(32)35-26-16-8-6-12-22(26)23-13-7-9-17-27(23)35/h1-17,19-20,28-29,32H,18H2/q+1. The topological polar surface area (TPSA) is 32.8 Å². The number of hydrogen-bond donors (Lipinski definition) is 0. The second-order valence-corrected chi connectivity index (χ2v) is 10.00. The molecule has 36 heavy (non-hydrogen) atoms. The summed E-state index contributed by atoms with van der Waals surface area (Å²) in [7, 11) is 0. The monoisotopic (exact) mass is 466 g/mol. The third-order valence-electron chi connectivity index (χ3n) is 8.26. The minimum Gasteiger partial charge on any atom is -0.336 e. The van der Waals surface area contributed by atoms with E-state index in [9.17, 15) is 4.91 Å². The Balaban J connectivity index is 1.41. The van der Waals surface area contributed by atoms with Gasteiger partial charge in [0.15, 0.2) is 0 Å². The summed E-state index contributed by atoms with van der Waals surface area (Å²) in [5, 5.41) is 2.57. The van der Waals surface area contributed by atoms with E-state index in [-0.39, 0.29) is 18.0 Å². The molecule has 9 rings (SSSR count). The van der Waals surface area contributed by atoms with Crippen LogP contribution in [-0.2, 0) is 0 Å². The van der Waals surface area contributed by atoms with Gasteiger partial charge in [0.1, 0.15) is 0 Å². The number of fused-ring (bicyclic) bond motifs is 4. The van der Waals surface area contributed by atoms with Crippen LogP contribution in [0.25, 0.3) is 33.1 Å². The van der Waals surface area contributed by atoms with Crippen molar-refractivity contribution in [1.82, 2.24) is 9.13 Å².